The Hall–Kier alpha value is -6.17. The lowest BCUT2D eigenvalue weighted by atomic mass is 9.79. The summed E-state index contributed by atoms with van der Waals surface area (Å²) in [6, 6.07) is 5.63. The average molecular weight is 697 g/mol. The molecule has 0 spiro atoms. The van der Waals surface area contributed by atoms with Crippen LogP contribution in [0.3, 0.4) is 0 Å². The third-order valence-electron chi connectivity index (χ3n) is 6.98. The molecule has 18 heteroatoms. The molecule has 0 amide bonds. The highest BCUT2D eigenvalue weighted by atomic mass is 19.2. The van der Waals surface area contributed by atoms with Gasteiger partial charge in [0.2, 0.25) is 0 Å². The van der Waals surface area contributed by atoms with E-state index in [1.807, 2.05) is 0 Å². The van der Waals surface area contributed by atoms with Crippen LogP contribution in [0.15, 0.2) is 93.3 Å². The van der Waals surface area contributed by atoms with Gasteiger partial charge in [-0.25, -0.2) is 65.6 Å². The summed E-state index contributed by atoms with van der Waals surface area (Å²) >= 11 is 0. The molecule has 4 aromatic heterocycles. The summed E-state index contributed by atoms with van der Waals surface area (Å²) in [5, 5.41) is 18.9. The molecule has 0 aliphatic carbocycles. The molecule has 258 valence electrons. The van der Waals surface area contributed by atoms with E-state index in [0.29, 0.717) is 12.1 Å². The monoisotopic (exact) mass is 696 g/mol. The van der Waals surface area contributed by atoms with Gasteiger partial charge in [0, 0.05) is 23.6 Å². The number of nitrogens with zero attached hydrogens (tertiary/aromatic N) is 10. The number of hydrogen-bond donors (Lipinski definition) is 1. The molecule has 6 aromatic rings. The largest absolute Gasteiger partial charge is 0.382 e. The predicted octanol–water partition coefficient (Wildman–Crippen LogP) is 4.87. The van der Waals surface area contributed by atoms with Crippen molar-refractivity contribution in [1.82, 2.24) is 49.5 Å². The molecular formula is C32H26F6N10O2. The number of halogens is 6. The smallest absolute Gasteiger partial charge is 0.187 e. The molecule has 0 unspecified atom stereocenters. The minimum Gasteiger partial charge on any atom is -0.382 e. The van der Waals surface area contributed by atoms with Crippen LogP contribution in [0.5, 0.6) is 0 Å². The molecule has 12 nitrogen and oxygen atoms in total. The van der Waals surface area contributed by atoms with E-state index in [9.17, 15) is 36.2 Å². The van der Waals surface area contributed by atoms with Crippen LogP contribution >= 0.6 is 0 Å². The van der Waals surface area contributed by atoms with Gasteiger partial charge in [-0.1, -0.05) is 19.6 Å². The fourth-order valence-electron chi connectivity index (χ4n) is 4.46. The first-order valence-corrected chi connectivity index (χ1v) is 14.3. The molecule has 0 fully saturated rings. The van der Waals surface area contributed by atoms with Crippen molar-refractivity contribution in [2.24, 2.45) is 0 Å². The minimum atomic E-state index is -1.96. The summed E-state index contributed by atoms with van der Waals surface area (Å²) in [5.74, 6) is -5.97. The molecule has 50 heavy (non-hydrogen) atoms. The van der Waals surface area contributed by atoms with Crippen molar-refractivity contribution >= 4 is 11.9 Å². The van der Waals surface area contributed by atoms with Gasteiger partial charge in [0.15, 0.2) is 17.4 Å². The predicted molar refractivity (Wildman–Crippen MR) is 163 cm³/mol. The van der Waals surface area contributed by atoms with E-state index in [4.69, 9.17) is 0 Å². The summed E-state index contributed by atoms with van der Waals surface area (Å²) in [6.07, 6.45) is 11.0. The second kappa shape index (κ2) is 16.8. The van der Waals surface area contributed by atoms with Crippen LogP contribution in [-0.2, 0) is 18.7 Å². The van der Waals surface area contributed by atoms with E-state index < -0.39 is 52.2 Å². The van der Waals surface area contributed by atoms with Crippen LogP contribution in [0.4, 0.5) is 26.3 Å². The van der Waals surface area contributed by atoms with Gasteiger partial charge in [-0.2, -0.15) is 10.2 Å². The fraction of sp³-hybridized carbons (Fsp3) is 0.156. The number of aliphatic hydroxyl groups is 1. The topological polar surface area (TPSA) is 150 Å². The second-order valence-electron chi connectivity index (χ2n) is 10.2. The number of Topliss-reactive ketones (excluding diaryl/α,β-unsaturated/α-hetero) is 1. The van der Waals surface area contributed by atoms with Gasteiger partial charge in [0.1, 0.15) is 79.1 Å². The number of rotatable bonds is 9. The molecule has 0 radical (unpaired) electrons. The lowest BCUT2D eigenvalue weighted by Crippen LogP contribution is -2.39. The van der Waals surface area contributed by atoms with Gasteiger partial charge in [0.25, 0.3) is 0 Å². The van der Waals surface area contributed by atoms with Crippen LogP contribution in [0, 0.1) is 34.9 Å². The minimum absolute atomic E-state index is 0.0960. The molecule has 4 heterocycles. The zero-order chi connectivity index (χ0) is 36.3. The van der Waals surface area contributed by atoms with E-state index in [2.05, 4.69) is 46.7 Å². The van der Waals surface area contributed by atoms with Crippen LogP contribution < -0.4 is 0 Å². The van der Waals surface area contributed by atoms with E-state index >= 15 is 0 Å². The zero-order valence-corrected chi connectivity index (χ0v) is 26.0. The molecule has 0 bridgehead atoms. The Bertz CT molecular complexity index is 2030. The fourth-order valence-corrected chi connectivity index (χ4v) is 4.46. The Balaban J connectivity index is 0.000000191. The number of benzene rings is 2. The molecule has 2 atom stereocenters. The normalized spacial score (nSPS) is 12.4. The van der Waals surface area contributed by atoms with Crippen LogP contribution in [0.1, 0.15) is 40.2 Å². The van der Waals surface area contributed by atoms with Crippen molar-refractivity contribution < 1.29 is 36.2 Å². The molecule has 0 aliphatic rings. The Morgan fingerprint density at radius 3 is 1.94 bits per heavy atom. The van der Waals surface area contributed by atoms with Crippen molar-refractivity contribution in [2.45, 2.75) is 31.5 Å². The average Bonchev–Trinajstić information content (AvgIpc) is 3.80. The number of hydrogen-bond acceptors (Lipinski definition) is 10. The molecule has 2 aromatic carbocycles. The highest BCUT2D eigenvalue weighted by Gasteiger charge is 2.41. The SMILES string of the molecule is C=Cc1ncncc1F.C[C@@H](c1ncncc1F)[C@](O)(Cn1cncn1)c1ccc(F)cc1F.O=C(Cn1cncn1)c1ccc(F)cc1F. The molecule has 1 N–H and O–H groups in total. The van der Waals surface area contributed by atoms with E-state index in [-0.39, 0.29) is 35.6 Å². The number of aromatic nitrogens is 10. The van der Waals surface area contributed by atoms with Crippen molar-refractivity contribution in [3.05, 3.63) is 151 Å². The first kappa shape index (κ1) is 36.7. The lowest BCUT2D eigenvalue weighted by Gasteiger charge is -2.34. The molecular weight excluding hydrogens is 670 g/mol. The third-order valence-corrected chi connectivity index (χ3v) is 6.98. The maximum Gasteiger partial charge on any atom is 0.187 e. The maximum atomic E-state index is 14.4. The van der Waals surface area contributed by atoms with Crippen molar-refractivity contribution in [3.8, 4) is 0 Å². The van der Waals surface area contributed by atoms with Gasteiger partial charge in [-0.15, -0.1) is 0 Å². The van der Waals surface area contributed by atoms with Crippen molar-refractivity contribution in [3.63, 3.8) is 0 Å². The van der Waals surface area contributed by atoms with Gasteiger partial charge in [-0.05, 0) is 24.3 Å². The molecule has 0 aliphatic heterocycles. The first-order chi connectivity index (χ1) is 23.9. The molecule has 0 saturated heterocycles. The van der Waals surface area contributed by atoms with Crippen LogP contribution in [0.25, 0.3) is 6.08 Å². The quantitative estimate of drug-likeness (QED) is 0.164. The van der Waals surface area contributed by atoms with Crippen LogP contribution in [0.2, 0.25) is 0 Å². The van der Waals surface area contributed by atoms with Crippen molar-refractivity contribution in [1.29, 1.82) is 0 Å². The first-order valence-electron chi connectivity index (χ1n) is 14.3. The number of carbonyl (C=O) groups is 1. The summed E-state index contributed by atoms with van der Waals surface area (Å²) in [5.41, 5.74) is -2.17. The summed E-state index contributed by atoms with van der Waals surface area (Å²) < 4.78 is 82.5. The van der Waals surface area contributed by atoms with E-state index in [0.717, 1.165) is 43.0 Å². The highest BCUT2D eigenvalue weighted by Crippen LogP contribution is 2.39. The number of ketones is 1. The van der Waals surface area contributed by atoms with Crippen LogP contribution in [-0.4, -0.2) is 60.4 Å². The lowest BCUT2D eigenvalue weighted by molar-refractivity contribution is -0.0133. The zero-order valence-electron chi connectivity index (χ0n) is 26.0. The van der Waals surface area contributed by atoms with Gasteiger partial charge in [0.05, 0.1) is 30.2 Å². The Morgan fingerprint density at radius 2 is 1.40 bits per heavy atom. The summed E-state index contributed by atoms with van der Waals surface area (Å²) in [7, 11) is 0. The molecule has 6 rings (SSSR count). The summed E-state index contributed by atoms with van der Waals surface area (Å²) in [4.78, 5) is 33.5. The van der Waals surface area contributed by atoms with Gasteiger partial charge < -0.3 is 5.11 Å². The van der Waals surface area contributed by atoms with Gasteiger partial charge in [-0.3, -0.25) is 4.79 Å². The standard InChI is InChI=1S/C16H14F3N5O.C10H7F2N3O.C6H5FN2/c1-10(15-14(19)5-20-7-22-15)16(25,6-24-9-21-8-23-24)12-3-2-11(17)4-13(12)18;11-7-1-2-8(9(12)3-7)10(16)4-15-6-13-5-14-15;1-2-6-5(7)3-8-4-9-6/h2-5,7-10,25H,6H2,1H3;1-3,5-6H,4H2;2-4H,1H2/t10-,16+;;/m0../s1. The Kier molecular flexibility index (Phi) is 12.3. The van der Waals surface area contributed by atoms with E-state index in [1.54, 1.807) is 0 Å². The Morgan fingerprint density at radius 1 is 0.800 bits per heavy atom. The van der Waals surface area contributed by atoms with Gasteiger partial charge >= 0.3 is 0 Å². The molecule has 0 saturated carbocycles. The summed E-state index contributed by atoms with van der Waals surface area (Å²) in [6.45, 7) is 4.49. The maximum absolute atomic E-state index is 14.4. The highest BCUT2D eigenvalue weighted by molar-refractivity contribution is 5.96. The number of carbonyl (C=O) groups excluding carboxylic acids is 1. The van der Waals surface area contributed by atoms with E-state index in [1.165, 1.54) is 54.0 Å². The second-order valence-corrected chi connectivity index (χ2v) is 10.2. The Labute approximate surface area is 279 Å². The third kappa shape index (κ3) is 9.25. The van der Waals surface area contributed by atoms with Crippen molar-refractivity contribution in [2.75, 3.05) is 0 Å².